The van der Waals surface area contributed by atoms with E-state index >= 15 is 0 Å². The number of H-pyrrole nitrogens is 1. The van der Waals surface area contributed by atoms with Crippen LogP contribution in [0.5, 0.6) is 0 Å². The summed E-state index contributed by atoms with van der Waals surface area (Å²) in [7, 11) is 3.22. The van der Waals surface area contributed by atoms with Crippen LogP contribution in [-0.2, 0) is 18.3 Å². The Hall–Kier alpha value is -2.09. The number of nitrogen functional groups attached to an aromatic ring is 1. The molecular formula is C10H15N5O3. The first-order valence-electron chi connectivity index (χ1n) is 5.50. The maximum absolute atomic E-state index is 11.7. The Balaban J connectivity index is 2.62. The first-order chi connectivity index (χ1) is 8.56. The van der Waals surface area contributed by atoms with Gasteiger partial charge in [0.15, 0.2) is 11.2 Å². The molecule has 0 fully saturated rings. The van der Waals surface area contributed by atoms with Gasteiger partial charge in [-0.1, -0.05) is 0 Å². The molecule has 0 unspecified atom stereocenters. The molecule has 2 aromatic heterocycles. The van der Waals surface area contributed by atoms with Gasteiger partial charge in [-0.15, -0.1) is 0 Å². The summed E-state index contributed by atoms with van der Waals surface area (Å²) in [5.74, 6) is 0.196. The Bertz CT molecular complexity index is 681. The molecule has 8 heteroatoms. The van der Waals surface area contributed by atoms with Crippen molar-refractivity contribution in [3.05, 3.63) is 20.8 Å². The third-order valence-corrected chi connectivity index (χ3v) is 2.78. The number of ether oxygens (including phenoxy) is 1. The lowest BCUT2D eigenvalue weighted by atomic mass is 10.4. The fourth-order valence-electron chi connectivity index (χ4n) is 1.84. The second-order valence-electron chi connectivity index (χ2n) is 3.96. The van der Waals surface area contributed by atoms with Gasteiger partial charge in [0.25, 0.3) is 5.56 Å². The summed E-state index contributed by atoms with van der Waals surface area (Å²) >= 11 is 0. The molecule has 0 saturated carbocycles. The van der Waals surface area contributed by atoms with E-state index in [0.29, 0.717) is 30.7 Å². The molecule has 0 aliphatic rings. The lowest BCUT2D eigenvalue weighted by molar-refractivity contribution is 0.190. The molecule has 0 amide bonds. The summed E-state index contributed by atoms with van der Waals surface area (Å²) in [6.45, 7) is 0.936. The normalized spacial score (nSPS) is 11.2. The largest absolute Gasteiger partial charge is 0.385 e. The van der Waals surface area contributed by atoms with Crippen molar-refractivity contribution in [2.45, 2.75) is 13.0 Å². The third kappa shape index (κ3) is 1.90. The molecule has 2 rings (SSSR count). The molecule has 18 heavy (non-hydrogen) atoms. The van der Waals surface area contributed by atoms with Gasteiger partial charge in [0.05, 0.1) is 0 Å². The van der Waals surface area contributed by atoms with Crippen LogP contribution in [0.25, 0.3) is 11.2 Å². The second-order valence-corrected chi connectivity index (χ2v) is 3.96. The number of anilines is 1. The van der Waals surface area contributed by atoms with Gasteiger partial charge in [0.2, 0.25) is 5.95 Å². The highest BCUT2D eigenvalue weighted by Crippen LogP contribution is 2.10. The molecule has 0 atom stereocenters. The minimum atomic E-state index is -0.485. The Morgan fingerprint density at radius 1 is 1.44 bits per heavy atom. The molecule has 0 aliphatic carbocycles. The minimum absolute atomic E-state index is 0.196. The van der Waals surface area contributed by atoms with Gasteiger partial charge in [-0.05, 0) is 6.42 Å². The quantitative estimate of drug-likeness (QED) is 0.682. The molecular weight excluding hydrogens is 238 g/mol. The summed E-state index contributed by atoms with van der Waals surface area (Å²) < 4.78 is 7.78. The summed E-state index contributed by atoms with van der Waals surface area (Å²) in [5.41, 5.74) is 5.29. The van der Waals surface area contributed by atoms with E-state index in [2.05, 4.69) is 9.97 Å². The molecule has 3 N–H and O–H groups in total. The smallest absolute Gasteiger partial charge is 0.330 e. The average molecular weight is 253 g/mol. The van der Waals surface area contributed by atoms with Crippen molar-refractivity contribution in [3.63, 3.8) is 0 Å². The molecule has 0 radical (unpaired) electrons. The zero-order chi connectivity index (χ0) is 13.3. The lowest BCUT2D eigenvalue weighted by Crippen LogP contribution is -2.31. The van der Waals surface area contributed by atoms with Crippen molar-refractivity contribution >= 4 is 17.1 Å². The highest BCUT2D eigenvalue weighted by molar-refractivity contribution is 5.73. The van der Waals surface area contributed by atoms with E-state index in [1.165, 1.54) is 9.13 Å². The first kappa shape index (κ1) is 12.4. The Morgan fingerprint density at radius 2 is 2.17 bits per heavy atom. The van der Waals surface area contributed by atoms with Gasteiger partial charge in [-0.3, -0.25) is 14.3 Å². The van der Waals surface area contributed by atoms with E-state index in [9.17, 15) is 9.59 Å². The molecule has 2 heterocycles. The van der Waals surface area contributed by atoms with Crippen LogP contribution in [-0.4, -0.2) is 32.8 Å². The van der Waals surface area contributed by atoms with Gasteiger partial charge in [0.1, 0.15) is 0 Å². The van der Waals surface area contributed by atoms with Crippen LogP contribution in [0.2, 0.25) is 0 Å². The van der Waals surface area contributed by atoms with Crippen LogP contribution in [0.15, 0.2) is 9.59 Å². The number of aromatic amines is 1. The first-order valence-corrected chi connectivity index (χ1v) is 5.50. The van der Waals surface area contributed by atoms with Crippen LogP contribution in [0, 0.1) is 0 Å². The highest BCUT2D eigenvalue weighted by atomic mass is 16.5. The number of nitrogens with two attached hydrogens (primary N) is 1. The van der Waals surface area contributed by atoms with Gasteiger partial charge in [0, 0.05) is 27.3 Å². The summed E-state index contributed by atoms with van der Waals surface area (Å²) in [5, 5.41) is 0. The maximum Gasteiger partial charge on any atom is 0.330 e. The number of aryl methyl sites for hydroxylation is 2. The fraction of sp³-hybridized carbons (Fsp3) is 0.500. The summed E-state index contributed by atoms with van der Waals surface area (Å²) in [6, 6.07) is 0. The van der Waals surface area contributed by atoms with Crippen LogP contribution < -0.4 is 17.0 Å². The average Bonchev–Trinajstić information content (AvgIpc) is 2.60. The van der Waals surface area contributed by atoms with Crippen molar-refractivity contribution in [3.8, 4) is 0 Å². The predicted octanol–water partition coefficient (Wildman–Crippen LogP) is -0.958. The molecule has 2 aromatic rings. The molecule has 98 valence electrons. The summed E-state index contributed by atoms with van der Waals surface area (Å²) in [4.78, 5) is 29.8. The number of fused-ring (bicyclic) bond motifs is 1. The summed E-state index contributed by atoms with van der Waals surface area (Å²) in [6.07, 6.45) is 0.647. The topological polar surface area (TPSA) is 108 Å². The number of nitrogens with zero attached hydrogens (tertiary/aromatic N) is 3. The highest BCUT2D eigenvalue weighted by Gasteiger charge is 2.14. The Kier molecular flexibility index (Phi) is 3.19. The number of imidazole rings is 1. The SMILES string of the molecule is COCCCn1c(=O)[nH]c(=O)c2c1nc(N)n2C. The lowest BCUT2D eigenvalue weighted by Gasteiger charge is -2.05. The molecule has 8 nitrogen and oxygen atoms in total. The van der Waals surface area contributed by atoms with Gasteiger partial charge in [-0.25, -0.2) is 4.79 Å². The molecule has 0 saturated heterocycles. The van der Waals surface area contributed by atoms with Crippen molar-refractivity contribution < 1.29 is 4.74 Å². The van der Waals surface area contributed by atoms with Gasteiger partial charge >= 0.3 is 5.69 Å². The van der Waals surface area contributed by atoms with Gasteiger partial charge in [-0.2, -0.15) is 4.98 Å². The zero-order valence-electron chi connectivity index (χ0n) is 10.3. The number of methoxy groups -OCH3 is 1. The molecule has 0 bridgehead atoms. The molecule has 0 aromatic carbocycles. The van der Waals surface area contributed by atoms with E-state index in [0.717, 1.165) is 0 Å². The monoisotopic (exact) mass is 253 g/mol. The van der Waals surface area contributed by atoms with Crippen LogP contribution in [0.1, 0.15) is 6.42 Å². The van der Waals surface area contributed by atoms with Crippen molar-refractivity contribution in [1.82, 2.24) is 19.1 Å². The van der Waals surface area contributed by atoms with Crippen LogP contribution >= 0.6 is 0 Å². The third-order valence-electron chi connectivity index (χ3n) is 2.78. The standard InChI is InChI=1S/C10H15N5O3/c1-14-6-7(12-9(14)11)15(4-3-5-18-2)10(17)13-8(6)16/h3-5H2,1-2H3,(H2,11,12)(H,13,16,17). The number of aromatic nitrogens is 4. The number of nitrogens with one attached hydrogen (secondary N) is 1. The molecule has 0 aliphatic heterocycles. The Morgan fingerprint density at radius 3 is 2.83 bits per heavy atom. The van der Waals surface area contributed by atoms with Gasteiger partial charge < -0.3 is 15.0 Å². The number of hydrogen-bond acceptors (Lipinski definition) is 5. The van der Waals surface area contributed by atoms with Crippen molar-refractivity contribution in [1.29, 1.82) is 0 Å². The van der Waals surface area contributed by atoms with E-state index in [-0.39, 0.29) is 5.95 Å². The maximum atomic E-state index is 11.7. The predicted molar refractivity (Wildman–Crippen MR) is 66.5 cm³/mol. The van der Waals surface area contributed by atoms with Crippen molar-refractivity contribution in [2.24, 2.45) is 7.05 Å². The number of rotatable bonds is 4. The minimum Gasteiger partial charge on any atom is -0.385 e. The van der Waals surface area contributed by atoms with E-state index < -0.39 is 11.2 Å². The second kappa shape index (κ2) is 4.65. The van der Waals surface area contributed by atoms with Crippen LogP contribution in [0.4, 0.5) is 5.95 Å². The van der Waals surface area contributed by atoms with E-state index in [4.69, 9.17) is 10.5 Å². The zero-order valence-corrected chi connectivity index (χ0v) is 10.3. The number of hydrogen-bond donors (Lipinski definition) is 2. The fourth-order valence-corrected chi connectivity index (χ4v) is 1.84. The Labute approximate surface area is 102 Å². The van der Waals surface area contributed by atoms with E-state index in [1.807, 2.05) is 0 Å². The van der Waals surface area contributed by atoms with Crippen molar-refractivity contribution in [2.75, 3.05) is 19.5 Å². The van der Waals surface area contributed by atoms with Crippen LogP contribution in [0.3, 0.4) is 0 Å². The molecule has 0 spiro atoms. The van der Waals surface area contributed by atoms with E-state index in [1.54, 1.807) is 14.2 Å².